The molecule has 2 aliphatic rings. The van der Waals surface area contributed by atoms with Crippen molar-refractivity contribution in [2.24, 2.45) is 0 Å². The van der Waals surface area contributed by atoms with E-state index in [1.54, 1.807) is 17.0 Å². The number of rotatable bonds is 6. The van der Waals surface area contributed by atoms with Crippen LogP contribution < -0.4 is 10.1 Å². The number of piperidine rings is 1. The number of halogens is 1. The zero-order valence-corrected chi connectivity index (χ0v) is 14.8. The standard InChI is InChI=1S/C19H25FN2O4/c20-14-4-6-15(7-5-14)26-17-9-12-25-13-16(17)21-18(23)8-11-22-10-2-1-3-19(22)24/h4-7,16-17H,1-3,8-13H2,(H,21,23)/t16-,17+/m1/s1. The molecule has 2 fully saturated rings. The smallest absolute Gasteiger partial charge is 0.222 e. The average molecular weight is 364 g/mol. The lowest BCUT2D eigenvalue weighted by Crippen LogP contribution is -2.52. The monoisotopic (exact) mass is 364 g/mol. The van der Waals surface area contributed by atoms with Crippen molar-refractivity contribution < 1.29 is 23.5 Å². The Morgan fingerprint density at radius 1 is 1.31 bits per heavy atom. The molecular formula is C19H25FN2O4. The zero-order valence-electron chi connectivity index (χ0n) is 14.8. The SMILES string of the molecule is O=C(CCN1CCCCC1=O)N[C@@H]1COCC[C@@H]1Oc1ccc(F)cc1. The zero-order chi connectivity index (χ0) is 18.4. The predicted octanol–water partition coefficient (Wildman–Crippen LogP) is 1.88. The number of amides is 2. The molecule has 6 nitrogen and oxygen atoms in total. The van der Waals surface area contributed by atoms with Crippen LogP contribution in [0.2, 0.25) is 0 Å². The summed E-state index contributed by atoms with van der Waals surface area (Å²) in [6.07, 6.45) is 3.19. The first-order chi connectivity index (χ1) is 12.6. The second-order valence-electron chi connectivity index (χ2n) is 6.74. The molecule has 2 aliphatic heterocycles. The first-order valence-corrected chi connectivity index (χ1v) is 9.19. The second-order valence-corrected chi connectivity index (χ2v) is 6.74. The van der Waals surface area contributed by atoms with Crippen LogP contribution in [-0.4, -0.2) is 55.2 Å². The lowest BCUT2D eigenvalue weighted by atomic mass is 10.1. The molecule has 0 saturated carbocycles. The third kappa shape index (κ3) is 5.17. The summed E-state index contributed by atoms with van der Waals surface area (Å²) in [6.45, 7) is 2.11. The van der Waals surface area contributed by atoms with E-state index in [0.29, 0.717) is 38.3 Å². The lowest BCUT2D eigenvalue weighted by molar-refractivity contribution is -0.134. The molecule has 0 aliphatic carbocycles. The summed E-state index contributed by atoms with van der Waals surface area (Å²) in [6, 6.07) is 5.57. The van der Waals surface area contributed by atoms with E-state index >= 15 is 0 Å². The number of hydrogen-bond donors (Lipinski definition) is 1. The van der Waals surface area contributed by atoms with Gasteiger partial charge in [0.1, 0.15) is 17.7 Å². The number of benzene rings is 1. The third-order valence-electron chi connectivity index (χ3n) is 4.77. The van der Waals surface area contributed by atoms with Crippen molar-refractivity contribution in [2.75, 3.05) is 26.3 Å². The van der Waals surface area contributed by atoms with Gasteiger partial charge >= 0.3 is 0 Å². The normalized spacial score (nSPS) is 23.6. The summed E-state index contributed by atoms with van der Waals surface area (Å²) in [5, 5.41) is 2.95. The van der Waals surface area contributed by atoms with Crippen LogP contribution in [0, 0.1) is 5.82 Å². The van der Waals surface area contributed by atoms with E-state index in [-0.39, 0.29) is 36.2 Å². The molecule has 142 valence electrons. The Balaban J connectivity index is 1.49. The van der Waals surface area contributed by atoms with E-state index in [9.17, 15) is 14.0 Å². The molecule has 2 saturated heterocycles. The quantitative estimate of drug-likeness (QED) is 0.837. The van der Waals surface area contributed by atoms with E-state index in [2.05, 4.69) is 5.32 Å². The van der Waals surface area contributed by atoms with Crippen molar-refractivity contribution >= 4 is 11.8 Å². The molecule has 2 heterocycles. The molecule has 7 heteroatoms. The molecule has 0 radical (unpaired) electrons. The van der Waals surface area contributed by atoms with Gasteiger partial charge in [-0.1, -0.05) is 0 Å². The topological polar surface area (TPSA) is 67.9 Å². The van der Waals surface area contributed by atoms with Crippen molar-refractivity contribution in [3.05, 3.63) is 30.1 Å². The number of carbonyl (C=O) groups is 2. The number of nitrogens with zero attached hydrogens (tertiary/aromatic N) is 1. The first kappa shape index (κ1) is 18.6. The van der Waals surface area contributed by atoms with Crippen LogP contribution in [0.25, 0.3) is 0 Å². The maximum atomic E-state index is 13.0. The van der Waals surface area contributed by atoms with Crippen LogP contribution in [0.15, 0.2) is 24.3 Å². The molecule has 0 bridgehead atoms. The largest absolute Gasteiger partial charge is 0.488 e. The van der Waals surface area contributed by atoms with Gasteiger partial charge in [0.15, 0.2) is 0 Å². The lowest BCUT2D eigenvalue weighted by Gasteiger charge is -2.33. The minimum Gasteiger partial charge on any atom is -0.488 e. The maximum Gasteiger partial charge on any atom is 0.222 e. The molecule has 1 aromatic carbocycles. The van der Waals surface area contributed by atoms with Gasteiger partial charge in [-0.25, -0.2) is 4.39 Å². The van der Waals surface area contributed by atoms with Gasteiger partial charge in [-0.3, -0.25) is 9.59 Å². The molecule has 1 N–H and O–H groups in total. The first-order valence-electron chi connectivity index (χ1n) is 9.19. The highest BCUT2D eigenvalue weighted by molar-refractivity contribution is 5.79. The molecule has 0 spiro atoms. The molecular weight excluding hydrogens is 339 g/mol. The maximum absolute atomic E-state index is 13.0. The Labute approximate surface area is 152 Å². The summed E-state index contributed by atoms with van der Waals surface area (Å²) in [7, 11) is 0. The van der Waals surface area contributed by atoms with Gasteiger partial charge in [-0.05, 0) is 37.1 Å². The Morgan fingerprint density at radius 2 is 2.12 bits per heavy atom. The molecule has 2 atom stereocenters. The number of carbonyl (C=O) groups excluding carboxylic acids is 2. The fraction of sp³-hybridized carbons (Fsp3) is 0.579. The summed E-state index contributed by atoms with van der Waals surface area (Å²) >= 11 is 0. The van der Waals surface area contributed by atoms with Crippen molar-refractivity contribution in [2.45, 2.75) is 44.2 Å². The second kappa shape index (κ2) is 8.98. The number of nitrogens with one attached hydrogen (secondary N) is 1. The molecule has 26 heavy (non-hydrogen) atoms. The minimum absolute atomic E-state index is 0.119. The van der Waals surface area contributed by atoms with Crippen LogP contribution in [0.4, 0.5) is 4.39 Å². The van der Waals surface area contributed by atoms with Crippen molar-refractivity contribution in [3.8, 4) is 5.75 Å². The number of ether oxygens (including phenoxy) is 2. The Kier molecular flexibility index (Phi) is 6.44. The molecule has 3 rings (SSSR count). The fourth-order valence-electron chi connectivity index (χ4n) is 3.30. The summed E-state index contributed by atoms with van der Waals surface area (Å²) in [4.78, 5) is 25.9. The van der Waals surface area contributed by atoms with Crippen LogP contribution in [0.5, 0.6) is 5.75 Å². The van der Waals surface area contributed by atoms with Crippen molar-refractivity contribution in [1.82, 2.24) is 10.2 Å². The number of hydrogen-bond acceptors (Lipinski definition) is 4. The Hall–Kier alpha value is -2.15. The van der Waals surface area contributed by atoms with E-state index in [4.69, 9.17) is 9.47 Å². The van der Waals surface area contributed by atoms with E-state index in [0.717, 1.165) is 19.4 Å². The van der Waals surface area contributed by atoms with Gasteiger partial charge in [0.05, 0.1) is 19.3 Å². The highest BCUT2D eigenvalue weighted by Gasteiger charge is 2.29. The number of likely N-dealkylation sites (tertiary alicyclic amines) is 1. The van der Waals surface area contributed by atoms with Gasteiger partial charge in [-0.2, -0.15) is 0 Å². The average Bonchev–Trinajstić information content (AvgIpc) is 2.64. The molecule has 2 amide bonds. The van der Waals surface area contributed by atoms with Crippen LogP contribution in [-0.2, 0) is 14.3 Å². The van der Waals surface area contributed by atoms with E-state index < -0.39 is 0 Å². The van der Waals surface area contributed by atoms with Gasteiger partial charge in [0, 0.05) is 32.4 Å². The van der Waals surface area contributed by atoms with Crippen LogP contribution in [0.1, 0.15) is 32.1 Å². The molecule has 1 aromatic rings. The summed E-state index contributed by atoms with van der Waals surface area (Å²) in [5.74, 6) is 0.257. The van der Waals surface area contributed by atoms with Crippen LogP contribution >= 0.6 is 0 Å². The van der Waals surface area contributed by atoms with E-state index in [1.807, 2.05) is 0 Å². The summed E-state index contributed by atoms with van der Waals surface area (Å²) < 4.78 is 24.4. The molecule has 0 unspecified atom stereocenters. The predicted molar refractivity (Wildman–Crippen MR) is 93.2 cm³/mol. The van der Waals surface area contributed by atoms with Crippen LogP contribution in [0.3, 0.4) is 0 Å². The Morgan fingerprint density at radius 3 is 2.88 bits per heavy atom. The fourth-order valence-corrected chi connectivity index (χ4v) is 3.30. The van der Waals surface area contributed by atoms with Gasteiger partial charge in [0.2, 0.25) is 11.8 Å². The highest BCUT2D eigenvalue weighted by Crippen LogP contribution is 2.19. The third-order valence-corrected chi connectivity index (χ3v) is 4.77. The van der Waals surface area contributed by atoms with Gasteiger partial charge < -0.3 is 19.7 Å². The Bertz CT molecular complexity index is 622. The van der Waals surface area contributed by atoms with Gasteiger partial charge in [0.25, 0.3) is 0 Å². The highest BCUT2D eigenvalue weighted by atomic mass is 19.1. The van der Waals surface area contributed by atoms with Crippen molar-refractivity contribution in [1.29, 1.82) is 0 Å². The van der Waals surface area contributed by atoms with E-state index in [1.165, 1.54) is 12.1 Å². The van der Waals surface area contributed by atoms with Gasteiger partial charge in [-0.15, -0.1) is 0 Å². The minimum atomic E-state index is -0.318. The van der Waals surface area contributed by atoms with Crippen molar-refractivity contribution in [3.63, 3.8) is 0 Å². The molecule has 0 aromatic heterocycles. The summed E-state index contributed by atoms with van der Waals surface area (Å²) in [5.41, 5.74) is 0.